The number of hydrogen-bond donors (Lipinski definition) is 0. The number of benzene rings is 3. The summed E-state index contributed by atoms with van der Waals surface area (Å²) < 4.78 is 60.2. The van der Waals surface area contributed by atoms with E-state index in [0.717, 1.165) is 12.8 Å². The van der Waals surface area contributed by atoms with Crippen LogP contribution in [-0.2, 0) is 30.0 Å². The molecule has 4 fully saturated rings. The van der Waals surface area contributed by atoms with Gasteiger partial charge in [0.1, 0.15) is 5.78 Å². The Balaban J connectivity index is 0.000000186. The molecule has 2 unspecified atom stereocenters. The van der Waals surface area contributed by atoms with E-state index in [1.165, 1.54) is 31.4 Å². The number of esters is 1. The molecule has 4 nitrogen and oxygen atoms in total. The van der Waals surface area contributed by atoms with Crippen LogP contribution in [0.1, 0.15) is 62.1 Å². The second kappa shape index (κ2) is 14.1. The highest BCUT2D eigenvalue weighted by atomic mass is 32.2. The molecule has 4 aliphatic rings. The molecule has 3 aromatic carbocycles. The predicted molar refractivity (Wildman–Crippen MR) is 174 cm³/mol. The lowest BCUT2D eigenvalue weighted by atomic mass is 9.49. The molecule has 4 aliphatic carbocycles. The van der Waals surface area contributed by atoms with Gasteiger partial charge in [0, 0.05) is 25.2 Å². The summed E-state index contributed by atoms with van der Waals surface area (Å²) in [6.07, 6.45) is -1.22. The van der Waals surface area contributed by atoms with Gasteiger partial charge in [-0.2, -0.15) is 17.6 Å². The molecular weight excluding hydrogens is 628 g/mol. The van der Waals surface area contributed by atoms with Crippen LogP contribution in [0.5, 0.6) is 0 Å². The second-order valence-electron chi connectivity index (χ2n) is 13.5. The van der Waals surface area contributed by atoms with Gasteiger partial charge in [-0.15, -0.1) is 0 Å². The molecule has 7 rings (SSSR count). The van der Waals surface area contributed by atoms with E-state index in [-0.39, 0.29) is 48.5 Å². The number of carbonyl (C=O) groups is 2. The van der Waals surface area contributed by atoms with Gasteiger partial charge in [-0.05, 0) is 95.2 Å². The highest BCUT2D eigenvalue weighted by Gasteiger charge is 2.59. The number of halogens is 4. The van der Waals surface area contributed by atoms with E-state index in [9.17, 15) is 27.2 Å². The van der Waals surface area contributed by atoms with Crippen molar-refractivity contribution in [2.75, 3.05) is 13.2 Å². The average molecular weight is 672 g/mol. The van der Waals surface area contributed by atoms with Crippen molar-refractivity contribution in [1.29, 1.82) is 0 Å². The molecule has 0 aromatic heterocycles. The van der Waals surface area contributed by atoms with Crippen molar-refractivity contribution in [3.05, 3.63) is 89.5 Å². The number of ether oxygens (including phenoxy) is 2. The number of ketones is 1. The van der Waals surface area contributed by atoms with Gasteiger partial charge >= 0.3 is 18.0 Å². The summed E-state index contributed by atoms with van der Waals surface area (Å²) in [4.78, 5) is 28.7. The average Bonchev–Trinajstić information content (AvgIpc) is 3.02. The van der Waals surface area contributed by atoms with Gasteiger partial charge in [0.25, 0.3) is 0 Å². The Kier molecular flexibility index (Phi) is 10.6. The second-order valence-corrected chi connectivity index (χ2v) is 15.5. The van der Waals surface area contributed by atoms with Crippen molar-refractivity contribution >= 4 is 22.6 Å². The zero-order valence-electron chi connectivity index (χ0n) is 27.4. The van der Waals surface area contributed by atoms with Crippen LogP contribution < -0.4 is 0 Å². The van der Waals surface area contributed by atoms with Crippen molar-refractivity contribution < 1.29 is 36.6 Å². The van der Waals surface area contributed by atoms with Crippen LogP contribution in [0.25, 0.3) is 0 Å². The molecule has 0 N–H and O–H groups in total. The van der Waals surface area contributed by atoms with Crippen LogP contribution in [0.3, 0.4) is 0 Å². The van der Waals surface area contributed by atoms with E-state index in [0.29, 0.717) is 25.2 Å². The lowest BCUT2D eigenvalue weighted by Crippen LogP contribution is -2.54. The third-order valence-corrected chi connectivity index (χ3v) is 11.7. The summed E-state index contributed by atoms with van der Waals surface area (Å²) in [5, 5.41) is 0. The van der Waals surface area contributed by atoms with E-state index in [1.54, 1.807) is 0 Å². The number of aryl methyl sites for hydroxylation is 3. The number of alkyl halides is 4. The fourth-order valence-corrected chi connectivity index (χ4v) is 9.17. The largest absolute Gasteiger partial charge is 0.465 e. The minimum absolute atomic E-state index is 0.0394. The van der Waals surface area contributed by atoms with Gasteiger partial charge in [-0.1, -0.05) is 53.1 Å². The molecule has 0 saturated heterocycles. The Labute approximate surface area is 277 Å². The molecule has 0 radical (unpaired) electrons. The monoisotopic (exact) mass is 671 g/mol. The molecular formula is C38H43F4O4S+. The third-order valence-electron chi connectivity index (χ3n) is 9.51. The summed E-state index contributed by atoms with van der Waals surface area (Å²) in [7, 11) is -0.0394. The van der Waals surface area contributed by atoms with Crippen LogP contribution in [0.4, 0.5) is 17.6 Å². The Morgan fingerprint density at radius 1 is 0.745 bits per heavy atom. The Morgan fingerprint density at radius 2 is 1.17 bits per heavy atom. The van der Waals surface area contributed by atoms with Crippen molar-refractivity contribution in [3.8, 4) is 0 Å². The van der Waals surface area contributed by atoms with E-state index in [1.807, 2.05) is 0 Å². The normalized spacial score (nSPS) is 23.4. The number of Topliss-reactive ketones (excluding diaryl/α,β-unsaturated/α-hetero) is 1. The topological polar surface area (TPSA) is 52.6 Å². The Bertz CT molecular complexity index is 1410. The first-order valence-electron chi connectivity index (χ1n) is 16.2. The van der Waals surface area contributed by atoms with E-state index in [4.69, 9.17) is 4.74 Å². The SMILES string of the molecule is CC(F)(F)C(F)(F)OCCCOC(=O)C12CC3CC(C1)C(=O)C(C3)C2.Cc1ccc([S+](c2ccc(C)cc2)c2ccc(C)cc2)cc1. The van der Waals surface area contributed by atoms with Crippen LogP contribution in [0.2, 0.25) is 0 Å². The van der Waals surface area contributed by atoms with Gasteiger partial charge < -0.3 is 9.47 Å². The first kappa shape index (κ1) is 35.1. The summed E-state index contributed by atoms with van der Waals surface area (Å²) in [5.74, 6) is -4.16. The maximum Gasteiger partial charge on any atom is 0.419 e. The minimum atomic E-state index is -4.54. The molecule has 4 bridgehead atoms. The molecule has 2 atom stereocenters. The number of rotatable bonds is 10. The third kappa shape index (κ3) is 8.11. The van der Waals surface area contributed by atoms with Gasteiger partial charge in [0.15, 0.2) is 14.7 Å². The van der Waals surface area contributed by atoms with Gasteiger partial charge in [-0.25, -0.2) is 0 Å². The van der Waals surface area contributed by atoms with E-state index < -0.39 is 30.0 Å². The van der Waals surface area contributed by atoms with E-state index in [2.05, 4.69) is 98.3 Å². The Morgan fingerprint density at radius 3 is 1.57 bits per heavy atom. The summed E-state index contributed by atoms with van der Waals surface area (Å²) >= 11 is 0. The molecule has 0 heterocycles. The quantitative estimate of drug-likeness (QED) is 0.0934. The standard InChI is InChI=1S/C21H21S.C17H22F4O4/c1-16-4-10-19(11-5-16)22(20-12-6-17(2)7-13-20)21-14-8-18(3)9-15-21;1-15(18,19)17(20,21)25-4-2-3-24-14(23)16-7-10-5-11(8-16)13(22)12(6-10)9-16/h4-15H,1-3H3;10-12H,2-9H2,1H3/q+1;. The molecule has 0 spiro atoms. The Hall–Kier alpha value is -3.17. The number of carbonyl (C=O) groups excluding carboxylic acids is 2. The molecule has 4 saturated carbocycles. The molecule has 0 aliphatic heterocycles. The van der Waals surface area contributed by atoms with Crippen LogP contribution in [-0.4, -0.2) is 37.0 Å². The molecule has 3 aromatic rings. The van der Waals surface area contributed by atoms with Crippen LogP contribution in [0.15, 0.2) is 87.5 Å². The fourth-order valence-electron chi connectivity index (χ4n) is 7.13. The molecule has 9 heteroatoms. The van der Waals surface area contributed by atoms with Crippen molar-refractivity contribution in [2.24, 2.45) is 23.2 Å². The minimum Gasteiger partial charge on any atom is -0.465 e. The summed E-state index contributed by atoms with van der Waals surface area (Å²) in [6, 6.07) is 26.8. The highest BCUT2D eigenvalue weighted by molar-refractivity contribution is 7.97. The number of hydrogen-bond acceptors (Lipinski definition) is 4. The molecule has 47 heavy (non-hydrogen) atoms. The lowest BCUT2D eigenvalue weighted by molar-refractivity contribution is -0.341. The highest BCUT2D eigenvalue weighted by Crippen LogP contribution is 2.59. The first-order chi connectivity index (χ1) is 22.2. The van der Waals surface area contributed by atoms with Crippen molar-refractivity contribution in [2.45, 2.75) is 92.9 Å². The zero-order chi connectivity index (χ0) is 34.0. The van der Waals surface area contributed by atoms with Gasteiger partial charge in [0.05, 0.1) is 29.5 Å². The maximum absolute atomic E-state index is 12.9. The van der Waals surface area contributed by atoms with Gasteiger partial charge in [-0.3, -0.25) is 9.59 Å². The van der Waals surface area contributed by atoms with Gasteiger partial charge in [0.2, 0.25) is 0 Å². The van der Waals surface area contributed by atoms with Crippen LogP contribution >= 0.6 is 0 Å². The predicted octanol–water partition coefficient (Wildman–Crippen LogP) is 9.29. The lowest BCUT2D eigenvalue weighted by Gasteiger charge is -2.53. The first-order valence-corrected chi connectivity index (χ1v) is 17.4. The van der Waals surface area contributed by atoms with Crippen molar-refractivity contribution in [3.63, 3.8) is 0 Å². The van der Waals surface area contributed by atoms with Crippen molar-refractivity contribution in [1.82, 2.24) is 0 Å². The zero-order valence-corrected chi connectivity index (χ0v) is 28.2. The maximum atomic E-state index is 12.9. The fraction of sp³-hybridized carbons (Fsp3) is 0.474. The van der Waals surface area contributed by atoms with Crippen LogP contribution in [0, 0.1) is 43.9 Å². The summed E-state index contributed by atoms with van der Waals surface area (Å²) in [6.45, 7) is 5.70. The molecule has 0 amide bonds. The molecule has 252 valence electrons. The summed E-state index contributed by atoms with van der Waals surface area (Å²) in [5.41, 5.74) is 3.28. The van der Waals surface area contributed by atoms with E-state index >= 15 is 0 Å². The smallest absolute Gasteiger partial charge is 0.419 e.